The number of aromatic nitrogens is 2. The van der Waals surface area contributed by atoms with Crippen LogP contribution in [0.25, 0.3) is 0 Å². The van der Waals surface area contributed by atoms with Crippen molar-refractivity contribution >= 4 is 0 Å². The molecule has 5 heteroatoms. The van der Waals surface area contributed by atoms with Crippen LogP contribution in [0.5, 0.6) is 0 Å². The molecule has 1 aromatic heterocycles. The summed E-state index contributed by atoms with van der Waals surface area (Å²) in [6, 6.07) is 0. The first kappa shape index (κ1) is 10.6. The van der Waals surface area contributed by atoms with E-state index in [0.717, 1.165) is 38.5 Å². The van der Waals surface area contributed by atoms with Gasteiger partial charge in [-0.15, -0.1) is 10.2 Å². The molecule has 0 spiro atoms. The van der Waals surface area contributed by atoms with Gasteiger partial charge in [-0.05, 0) is 19.4 Å². The summed E-state index contributed by atoms with van der Waals surface area (Å²) in [6.07, 6.45) is 1.98. The molecule has 1 aliphatic heterocycles. The topological polar surface area (TPSA) is 60.2 Å². The highest BCUT2D eigenvalue weighted by Gasteiger charge is 2.21. The lowest BCUT2D eigenvalue weighted by Gasteiger charge is -2.18. The summed E-state index contributed by atoms with van der Waals surface area (Å²) in [7, 11) is 0. The Morgan fingerprint density at radius 1 is 1.33 bits per heavy atom. The molecule has 2 rings (SSSR count). The largest absolute Gasteiger partial charge is 0.424 e. The molecule has 0 atom stereocenters. The van der Waals surface area contributed by atoms with Gasteiger partial charge >= 0.3 is 0 Å². The predicted octanol–water partition coefficient (Wildman–Crippen LogP) is 1.07. The lowest BCUT2D eigenvalue weighted by atomic mass is 10.0. The molecule has 0 aliphatic carbocycles. The summed E-state index contributed by atoms with van der Waals surface area (Å²) in [5, 5.41) is 11.2. The van der Waals surface area contributed by atoms with Crippen LogP contribution in [-0.4, -0.2) is 30.0 Å². The molecule has 2 heterocycles. The first-order chi connectivity index (χ1) is 7.40. The molecule has 1 saturated heterocycles. The molecule has 15 heavy (non-hydrogen) atoms. The van der Waals surface area contributed by atoms with Crippen LogP contribution in [0.4, 0.5) is 0 Å². The van der Waals surface area contributed by atoms with Crippen molar-refractivity contribution in [1.82, 2.24) is 15.5 Å². The fraction of sp³-hybridized carbons (Fsp3) is 0.800. The second-order valence-corrected chi connectivity index (χ2v) is 3.70. The first-order valence-corrected chi connectivity index (χ1v) is 5.51. The van der Waals surface area contributed by atoms with Crippen molar-refractivity contribution in [3.8, 4) is 0 Å². The molecule has 5 nitrogen and oxygen atoms in total. The van der Waals surface area contributed by atoms with Crippen LogP contribution in [0.1, 0.15) is 37.5 Å². The fourth-order valence-corrected chi connectivity index (χ4v) is 1.68. The Balaban J connectivity index is 1.93. The van der Waals surface area contributed by atoms with E-state index in [4.69, 9.17) is 9.15 Å². The summed E-state index contributed by atoms with van der Waals surface area (Å²) in [5.41, 5.74) is 0. The van der Waals surface area contributed by atoms with E-state index < -0.39 is 0 Å². The van der Waals surface area contributed by atoms with Crippen molar-refractivity contribution in [2.75, 3.05) is 19.8 Å². The van der Waals surface area contributed by atoms with Crippen LogP contribution in [0.15, 0.2) is 4.42 Å². The Morgan fingerprint density at radius 2 is 2.13 bits per heavy atom. The van der Waals surface area contributed by atoms with Gasteiger partial charge in [0, 0.05) is 19.1 Å². The van der Waals surface area contributed by atoms with Crippen LogP contribution >= 0.6 is 0 Å². The fourth-order valence-electron chi connectivity index (χ4n) is 1.68. The number of nitrogens with zero attached hydrogens (tertiary/aromatic N) is 2. The van der Waals surface area contributed by atoms with Crippen molar-refractivity contribution in [3.63, 3.8) is 0 Å². The maximum atomic E-state index is 5.58. The van der Waals surface area contributed by atoms with E-state index in [9.17, 15) is 0 Å². The Morgan fingerprint density at radius 3 is 2.87 bits per heavy atom. The lowest BCUT2D eigenvalue weighted by molar-refractivity contribution is 0.0791. The van der Waals surface area contributed by atoms with E-state index >= 15 is 0 Å². The quantitative estimate of drug-likeness (QED) is 0.807. The average molecular weight is 211 g/mol. The highest BCUT2D eigenvalue weighted by molar-refractivity contribution is 4.92. The molecule has 0 unspecified atom stereocenters. The second kappa shape index (κ2) is 5.23. The first-order valence-electron chi connectivity index (χ1n) is 5.51. The summed E-state index contributed by atoms with van der Waals surface area (Å²) in [6.45, 7) is 5.22. The van der Waals surface area contributed by atoms with Gasteiger partial charge in [-0.25, -0.2) is 0 Å². The van der Waals surface area contributed by atoms with Crippen molar-refractivity contribution in [2.45, 2.75) is 32.2 Å². The summed E-state index contributed by atoms with van der Waals surface area (Å²) in [4.78, 5) is 0. The highest BCUT2D eigenvalue weighted by Crippen LogP contribution is 2.25. The molecule has 0 bridgehead atoms. The molecular weight excluding hydrogens is 194 g/mol. The van der Waals surface area contributed by atoms with Gasteiger partial charge in [-0.2, -0.15) is 0 Å². The minimum absolute atomic E-state index is 0.390. The number of nitrogens with one attached hydrogen (secondary N) is 1. The third-order valence-corrected chi connectivity index (χ3v) is 2.58. The molecule has 1 N–H and O–H groups in total. The van der Waals surface area contributed by atoms with Crippen molar-refractivity contribution in [2.24, 2.45) is 0 Å². The average Bonchev–Trinajstić information content (AvgIpc) is 2.76. The number of rotatable bonds is 4. The van der Waals surface area contributed by atoms with Gasteiger partial charge < -0.3 is 14.5 Å². The maximum absolute atomic E-state index is 5.58. The molecule has 1 aromatic rings. The third-order valence-electron chi connectivity index (χ3n) is 2.58. The molecule has 0 radical (unpaired) electrons. The molecule has 1 fully saturated rings. The van der Waals surface area contributed by atoms with E-state index in [1.54, 1.807) is 0 Å². The Kier molecular flexibility index (Phi) is 3.69. The normalized spacial score (nSPS) is 18.2. The minimum Gasteiger partial charge on any atom is -0.424 e. The van der Waals surface area contributed by atoms with Gasteiger partial charge in [0.2, 0.25) is 11.8 Å². The van der Waals surface area contributed by atoms with Gasteiger partial charge in [-0.1, -0.05) is 6.92 Å². The maximum Gasteiger partial charge on any atom is 0.230 e. The second-order valence-electron chi connectivity index (χ2n) is 3.70. The van der Waals surface area contributed by atoms with E-state index in [2.05, 4.69) is 22.4 Å². The van der Waals surface area contributed by atoms with Crippen molar-refractivity contribution in [1.29, 1.82) is 0 Å². The Bertz CT molecular complexity index is 295. The van der Waals surface area contributed by atoms with Crippen LogP contribution in [0, 0.1) is 0 Å². The van der Waals surface area contributed by atoms with Gasteiger partial charge in [-0.3, -0.25) is 0 Å². The predicted molar refractivity (Wildman–Crippen MR) is 54.5 cm³/mol. The van der Waals surface area contributed by atoms with Gasteiger partial charge in [0.25, 0.3) is 0 Å². The van der Waals surface area contributed by atoms with E-state index in [-0.39, 0.29) is 0 Å². The SMILES string of the molecule is CCNCc1nnc(C2CCOCC2)o1. The molecule has 1 aliphatic rings. The van der Waals surface area contributed by atoms with Gasteiger partial charge in [0.15, 0.2) is 0 Å². The molecular formula is C10H17N3O2. The molecule has 0 saturated carbocycles. The van der Waals surface area contributed by atoms with Crippen LogP contribution in [-0.2, 0) is 11.3 Å². The van der Waals surface area contributed by atoms with E-state index in [1.807, 2.05) is 0 Å². The molecule has 0 amide bonds. The smallest absolute Gasteiger partial charge is 0.230 e. The van der Waals surface area contributed by atoms with Crippen LogP contribution in [0.2, 0.25) is 0 Å². The molecule has 0 aromatic carbocycles. The minimum atomic E-state index is 0.390. The number of hydrogen-bond donors (Lipinski definition) is 1. The van der Waals surface area contributed by atoms with Gasteiger partial charge in [0.1, 0.15) is 0 Å². The number of ether oxygens (including phenoxy) is 1. The van der Waals surface area contributed by atoms with Gasteiger partial charge in [0.05, 0.1) is 6.54 Å². The highest BCUT2D eigenvalue weighted by atomic mass is 16.5. The van der Waals surface area contributed by atoms with Crippen molar-refractivity contribution < 1.29 is 9.15 Å². The summed E-state index contributed by atoms with van der Waals surface area (Å²) >= 11 is 0. The third kappa shape index (κ3) is 2.76. The Labute approximate surface area is 89.2 Å². The summed E-state index contributed by atoms with van der Waals surface area (Å²) < 4.78 is 10.9. The zero-order chi connectivity index (χ0) is 10.5. The summed E-state index contributed by atoms with van der Waals surface area (Å²) in [5.74, 6) is 1.84. The van der Waals surface area contributed by atoms with Crippen molar-refractivity contribution in [3.05, 3.63) is 11.8 Å². The lowest BCUT2D eigenvalue weighted by Crippen LogP contribution is -2.14. The monoisotopic (exact) mass is 211 g/mol. The zero-order valence-electron chi connectivity index (χ0n) is 9.03. The van der Waals surface area contributed by atoms with Crippen LogP contribution in [0.3, 0.4) is 0 Å². The van der Waals surface area contributed by atoms with E-state index in [1.165, 1.54) is 0 Å². The standard InChI is InChI=1S/C10H17N3O2/c1-2-11-7-9-12-13-10(15-9)8-3-5-14-6-4-8/h8,11H,2-7H2,1H3. The van der Waals surface area contributed by atoms with Crippen LogP contribution < -0.4 is 5.32 Å². The molecule has 84 valence electrons. The zero-order valence-corrected chi connectivity index (χ0v) is 9.03. The Hall–Kier alpha value is -0.940. The number of hydrogen-bond acceptors (Lipinski definition) is 5. The van der Waals surface area contributed by atoms with E-state index in [0.29, 0.717) is 18.4 Å².